The second kappa shape index (κ2) is 6.84. The lowest BCUT2D eigenvalue weighted by Crippen LogP contribution is -2.15. The zero-order valence-electron chi connectivity index (χ0n) is 13.4. The van der Waals surface area contributed by atoms with E-state index in [1.807, 2.05) is 32.0 Å². The number of hydrogen-bond donors (Lipinski definition) is 1. The highest BCUT2D eigenvalue weighted by atomic mass is 35.5. The van der Waals surface area contributed by atoms with Gasteiger partial charge in [-0.15, -0.1) is 0 Å². The van der Waals surface area contributed by atoms with Gasteiger partial charge >= 0.3 is 0 Å². The summed E-state index contributed by atoms with van der Waals surface area (Å²) in [4.78, 5) is 16.6. The van der Waals surface area contributed by atoms with Crippen molar-refractivity contribution in [2.75, 3.05) is 5.32 Å². The van der Waals surface area contributed by atoms with E-state index >= 15 is 0 Å². The Bertz CT molecular complexity index is 858. The summed E-state index contributed by atoms with van der Waals surface area (Å²) in [5, 5.41) is 7.89. The van der Waals surface area contributed by atoms with Crippen LogP contribution in [0.4, 0.5) is 5.69 Å². The van der Waals surface area contributed by atoms with E-state index in [1.54, 1.807) is 41.5 Å². The lowest BCUT2D eigenvalue weighted by atomic mass is 10.0. The van der Waals surface area contributed by atoms with Gasteiger partial charge in [0.1, 0.15) is 0 Å². The first-order valence-corrected chi connectivity index (χ1v) is 7.99. The zero-order valence-corrected chi connectivity index (χ0v) is 14.2. The monoisotopic (exact) mass is 340 g/mol. The van der Waals surface area contributed by atoms with E-state index in [2.05, 4.69) is 15.4 Å². The summed E-state index contributed by atoms with van der Waals surface area (Å²) in [5.41, 5.74) is 2.90. The van der Waals surface area contributed by atoms with E-state index < -0.39 is 0 Å². The molecule has 0 atom stereocenters. The van der Waals surface area contributed by atoms with E-state index in [0.29, 0.717) is 16.3 Å². The molecule has 0 saturated carbocycles. The van der Waals surface area contributed by atoms with Crippen molar-refractivity contribution < 1.29 is 4.79 Å². The van der Waals surface area contributed by atoms with E-state index in [9.17, 15) is 4.79 Å². The van der Waals surface area contributed by atoms with Crippen molar-refractivity contribution in [3.63, 3.8) is 0 Å². The van der Waals surface area contributed by atoms with Crippen LogP contribution in [-0.2, 0) is 0 Å². The van der Waals surface area contributed by atoms with Crippen LogP contribution in [0, 0.1) is 0 Å². The molecule has 2 aromatic heterocycles. The normalized spacial score (nSPS) is 10.8. The summed E-state index contributed by atoms with van der Waals surface area (Å²) in [5.74, 6) is -0.0807. The first-order valence-electron chi connectivity index (χ1n) is 7.61. The van der Waals surface area contributed by atoms with Crippen LogP contribution < -0.4 is 5.32 Å². The minimum atomic E-state index is -0.196. The number of rotatable bonds is 4. The van der Waals surface area contributed by atoms with Gasteiger partial charge in [-0.1, -0.05) is 31.5 Å². The van der Waals surface area contributed by atoms with E-state index in [0.717, 1.165) is 11.4 Å². The zero-order chi connectivity index (χ0) is 17.1. The van der Waals surface area contributed by atoms with Gasteiger partial charge in [-0.25, -0.2) is 4.68 Å². The quantitative estimate of drug-likeness (QED) is 0.770. The molecule has 0 fully saturated rings. The third-order valence-corrected chi connectivity index (χ3v) is 3.82. The first-order chi connectivity index (χ1) is 11.6. The van der Waals surface area contributed by atoms with E-state index in [4.69, 9.17) is 11.6 Å². The molecule has 6 heteroatoms. The number of nitrogens with zero attached hydrogens (tertiary/aromatic N) is 3. The van der Waals surface area contributed by atoms with Gasteiger partial charge in [-0.2, -0.15) is 5.10 Å². The molecule has 0 aliphatic heterocycles. The van der Waals surface area contributed by atoms with Gasteiger partial charge in [0.2, 0.25) is 0 Å². The summed E-state index contributed by atoms with van der Waals surface area (Å²) in [6.07, 6.45) is 4.86. The van der Waals surface area contributed by atoms with Crippen LogP contribution in [0.5, 0.6) is 0 Å². The Hall–Kier alpha value is -2.66. The number of benzene rings is 1. The Morgan fingerprint density at radius 1 is 1.21 bits per heavy atom. The van der Waals surface area contributed by atoms with Gasteiger partial charge in [0.05, 0.1) is 23.1 Å². The third kappa shape index (κ3) is 3.31. The molecule has 1 N–H and O–H groups in total. The Morgan fingerprint density at radius 3 is 2.62 bits per heavy atom. The van der Waals surface area contributed by atoms with E-state index in [1.165, 1.54) is 0 Å². The lowest BCUT2D eigenvalue weighted by molar-refractivity contribution is 0.102. The fourth-order valence-corrected chi connectivity index (χ4v) is 2.72. The van der Waals surface area contributed by atoms with Gasteiger partial charge in [-0.3, -0.25) is 9.78 Å². The van der Waals surface area contributed by atoms with Crippen LogP contribution in [0.25, 0.3) is 5.69 Å². The van der Waals surface area contributed by atoms with Crippen molar-refractivity contribution in [1.82, 2.24) is 14.8 Å². The molecule has 0 aliphatic carbocycles. The molecule has 0 aliphatic rings. The van der Waals surface area contributed by atoms with E-state index in [-0.39, 0.29) is 11.8 Å². The Morgan fingerprint density at radius 2 is 1.96 bits per heavy atom. The lowest BCUT2D eigenvalue weighted by Gasteiger charge is -2.13. The number of aromatic nitrogens is 3. The number of pyridine rings is 1. The molecule has 5 nitrogen and oxygen atoms in total. The van der Waals surface area contributed by atoms with Crippen molar-refractivity contribution >= 4 is 23.2 Å². The standard InChI is InChI=1S/C18H17ClN4O/c1-12(2)17-16(18(24)22-14-6-8-20-9-7-14)11-21-23(17)15-5-3-4-13(19)10-15/h3-12H,1-2H3,(H,20,22,24). The summed E-state index contributed by atoms with van der Waals surface area (Å²) in [6, 6.07) is 10.9. The number of carbonyl (C=O) groups is 1. The molecule has 24 heavy (non-hydrogen) atoms. The maximum atomic E-state index is 12.6. The molecule has 1 amide bonds. The average molecular weight is 341 g/mol. The molecular formula is C18H17ClN4O. The number of nitrogens with one attached hydrogen (secondary N) is 1. The Balaban J connectivity index is 1.99. The van der Waals surface area contributed by atoms with Crippen LogP contribution >= 0.6 is 11.6 Å². The van der Waals surface area contributed by atoms with Gasteiger partial charge < -0.3 is 5.32 Å². The van der Waals surface area contributed by atoms with Crippen LogP contribution in [0.1, 0.15) is 35.8 Å². The largest absolute Gasteiger partial charge is 0.322 e. The van der Waals surface area contributed by atoms with Crippen molar-refractivity contribution in [2.24, 2.45) is 0 Å². The maximum Gasteiger partial charge on any atom is 0.259 e. The smallest absolute Gasteiger partial charge is 0.259 e. The summed E-state index contributed by atoms with van der Waals surface area (Å²) in [6.45, 7) is 4.06. The second-order valence-corrected chi connectivity index (χ2v) is 6.12. The van der Waals surface area contributed by atoms with Gasteiger partial charge in [0, 0.05) is 23.1 Å². The van der Waals surface area contributed by atoms with Crippen LogP contribution in [0.15, 0.2) is 55.0 Å². The minimum Gasteiger partial charge on any atom is -0.322 e. The molecular weight excluding hydrogens is 324 g/mol. The van der Waals surface area contributed by atoms with Crippen LogP contribution in [0.2, 0.25) is 5.02 Å². The number of hydrogen-bond acceptors (Lipinski definition) is 3. The molecule has 2 heterocycles. The van der Waals surface area contributed by atoms with Gasteiger partial charge in [0.15, 0.2) is 0 Å². The molecule has 3 rings (SSSR count). The molecule has 122 valence electrons. The molecule has 0 spiro atoms. The summed E-state index contributed by atoms with van der Waals surface area (Å²) in [7, 11) is 0. The predicted octanol–water partition coefficient (Wildman–Crippen LogP) is 4.30. The number of carbonyl (C=O) groups excluding carboxylic acids is 1. The summed E-state index contributed by atoms with van der Waals surface area (Å²) < 4.78 is 1.76. The number of anilines is 1. The maximum absolute atomic E-state index is 12.6. The molecule has 0 bridgehead atoms. The Kier molecular flexibility index (Phi) is 4.62. The molecule has 3 aromatic rings. The van der Waals surface area contributed by atoms with Gasteiger partial charge in [-0.05, 0) is 36.2 Å². The summed E-state index contributed by atoms with van der Waals surface area (Å²) >= 11 is 6.08. The van der Waals surface area contributed by atoms with Gasteiger partial charge in [0.25, 0.3) is 5.91 Å². The molecule has 0 radical (unpaired) electrons. The molecule has 0 unspecified atom stereocenters. The highest BCUT2D eigenvalue weighted by Crippen LogP contribution is 2.25. The fraction of sp³-hybridized carbons (Fsp3) is 0.167. The topological polar surface area (TPSA) is 59.8 Å². The fourth-order valence-electron chi connectivity index (χ4n) is 2.54. The van der Waals surface area contributed by atoms with Crippen molar-refractivity contribution in [3.05, 3.63) is 71.3 Å². The predicted molar refractivity (Wildman–Crippen MR) is 94.9 cm³/mol. The SMILES string of the molecule is CC(C)c1c(C(=O)Nc2ccncc2)cnn1-c1cccc(Cl)c1. The highest BCUT2D eigenvalue weighted by Gasteiger charge is 2.21. The van der Waals surface area contributed by atoms with Crippen molar-refractivity contribution in [3.8, 4) is 5.69 Å². The minimum absolute atomic E-state index is 0.115. The molecule has 0 saturated heterocycles. The van der Waals surface area contributed by atoms with Crippen LogP contribution in [0.3, 0.4) is 0 Å². The first kappa shape index (κ1) is 16.2. The number of amides is 1. The average Bonchev–Trinajstić information content (AvgIpc) is 3.01. The third-order valence-electron chi connectivity index (χ3n) is 3.59. The Labute approximate surface area is 145 Å². The second-order valence-electron chi connectivity index (χ2n) is 5.68. The number of halogens is 1. The van der Waals surface area contributed by atoms with Crippen molar-refractivity contribution in [2.45, 2.75) is 19.8 Å². The highest BCUT2D eigenvalue weighted by molar-refractivity contribution is 6.30. The van der Waals surface area contributed by atoms with Crippen LogP contribution in [-0.4, -0.2) is 20.7 Å². The van der Waals surface area contributed by atoms with Crippen molar-refractivity contribution in [1.29, 1.82) is 0 Å². The molecule has 1 aromatic carbocycles.